The number of hydrogen-bond donors (Lipinski definition) is 0. The lowest BCUT2D eigenvalue weighted by Crippen LogP contribution is -2.16. The van der Waals surface area contributed by atoms with Gasteiger partial charge in [0.15, 0.2) is 0 Å². The molecule has 0 heterocycles. The third kappa shape index (κ3) is 4.32. The topological polar surface area (TPSA) is 67.2 Å². The summed E-state index contributed by atoms with van der Waals surface area (Å²) in [6.07, 6.45) is -4.78. The molecule has 0 radical (unpaired) electrons. The average Bonchev–Trinajstić information content (AvgIpc) is 2.67. The molecule has 0 bridgehead atoms. The van der Waals surface area contributed by atoms with Crippen molar-refractivity contribution in [2.45, 2.75) is 16.2 Å². The van der Waals surface area contributed by atoms with Crippen molar-refractivity contribution in [3.8, 4) is 22.9 Å². The maximum Gasteiger partial charge on any atom is 0.573 e. The average molecular weight is 403 g/mol. The Kier molecular flexibility index (Phi) is 5.12. The predicted molar refractivity (Wildman–Crippen MR) is 95.2 cm³/mol. The second kappa shape index (κ2) is 7.37. The zero-order chi connectivity index (χ0) is 20.4. The van der Waals surface area contributed by atoms with Crippen LogP contribution < -0.4 is 4.74 Å². The van der Waals surface area contributed by atoms with Crippen molar-refractivity contribution >= 4 is 9.84 Å². The first-order chi connectivity index (χ1) is 13.2. The Morgan fingerprint density at radius 3 is 2.04 bits per heavy atom. The quantitative estimate of drug-likeness (QED) is 0.618. The summed E-state index contributed by atoms with van der Waals surface area (Å²) < 4.78 is 66.2. The summed E-state index contributed by atoms with van der Waals surface area (Å²) in [4.78, 5) is 0.0721. The second-order valence-electron chi connectivity index (χ2n) is 5.74. The summed E-state index contributed by atoms with van der Waals surface area (Å²) in [5.74, 6) is -0.363. The lowest BCUT2D eigenvalue weighted by atomic mass is 10.1. The maximum absolute atomic E-state index is 12.8. The van der Waals surface area contributed by atoms with Crippen LogP contribution in [-0.4, -0.2) is 14.8 Å². The Balaban J connectivity index is 1.92. The van der Waals surface area contributed by atoms with Crippen molar-refractivity contribution in [3.63, 3.8) is 0 Å². The maximum atomic E-state index is 12.8. The number of nitriles is 1. The molecule has 0 spiro atoms. The number of benzene rings is 3. The second-order valence-corrected chi connectivity index (χ2v) is 7.69. The van der Waals surface area contributed by atoms with Gasteiger partial charge in [0.2, 0.25) is 9.84 Å². The standard InChI is InChI=1S/C20H12F3NO3S/c21-20(22,23)27-17-8-6-15(7-9-17)16-2-1-3-19(12-16)28(25,26)18-10-4-14(13-24)5-11-18/h1-12H. The van der Waals surface area contributed by atoms with E-state index < -0.39 is 16.2 Å². The van der Waals surface area contributed by atoms with Crippen molar-refractivity contribution in [2.75, 3.05) is 0 Å². The molecule has 142 valence electrons. The van der Waals surface area contributed by atoms with Crippen LogP contribution in [0.5, 0.6) is 5.75 Å². The minimum absolute atomic E-state index is 0.0327. The van der Waals surface area contributed by atoms with E-state index in [9.17, 15) is 21.6 Å². The van der Waals surface area contributed by atoms with Gasteiger partial charge in [-0.05, 0) is 59.7 Å². The highest BCUT2D eigenvalue weighted by Crippen LogP contribution is 2.29. The van der Waals surface area contributed by atoms with Crippen LogP contribution >= 0.6 is 0 Å². The number of hydrogen-bond acceptors (Lipinski definition) is 4. The van der Waals surface area contributed by atoms with Crippen LogP contribution in [0.15, 0.2) is 82.6 Å². The minimum atomic E-state index is -4.78. The fraction of sp³-hybridized carbons (Fsp3) is 0.0500. The first-order valence-corrected chi connectivity index (χ1v) is 9.39. The van der Waals surface area contributed by atoms with E-state index in [1.807, 2.05) is 6.07 Å². The van der Waals surface area contributed by atoms with Gasteiger partial charge >= 0.3 is 6.36 Å². The molecular weight excluding hydrogens is 391 g/mol. The van der Waals surface area contributed by atoms with E-state index in [4.69, 9.17) is 5.26 Å². The van der Waals surface area contributed by atoms with E-state index in [-0.39, 0.29) is 15.5 Å². The normalized spacial score (nSPS) is 11.6. The minimum Gasteiger partial charge on any atom is -0.406 e. The highest BCUT2D eigenvalue weighted by atomic mass is 32.2. The van der Waals surface area contributed by atoms with Crippen LogP contribution in [-0.2, 0) is 9.84 Å². The van der Waals surface area contributed by atoms with Crippen LogP contribution in [0.25, 0.3) is 11.1 Å². The number of alkyl halides is 3. The molecule has 0 atom stereocenters. The molecule has 3 rings (SSSR count). The van der Waals surface area contributed by atoms with Crippen molar-refractivity contribution in [2.24, 2.45) is 0 Å². The van der Waals surface area contributed by atoms with Gasteiger partial charge in [-0.1, -0.05) is 24.3 Å². The van der Waals surface area contributed by atoms with Crippen molar-refractivity contribution in [1.29, 1.82) is 5.26 Å². The molecule has 0 fully saturated rings. The highest BCUT2D eigenvalue weighted by molar-refractivity contribution is 7.91. The van der Waals surface area contributed by atoms with Gasteiger partial charge < -0.3 is 4.74 Å². The highest BCUT2D eigenvalue weighted by Gasteiger charge is 2.31. The van der Waals surface area contributed by atoms with Crippen molar-refractivity contribution in [1.82, 2.24) is 0 Å². The largest absolute Gasteiger partial charge is 0.573 e. The van der Waals surface area contributed by atoms with E-state index >= 15 is 0 Å². The summed E-state index contributed by atoms with van der Waals surface area (Å²) in [6.45, 7) is 0. The van der Waals surface area contributed by atoms with Crippen LogP contribution in [0, 0.1) is 11.3 Å². The molecule has 28 heavy (non-hydrogen) atoms. The molecule has 3 aromatic rings. The predicted octanol–water partition coefficient (Wildman–Crippen LogP) is 4.96. The molecular formula is C20H12F3NO3S. The van der Waals surface area contributed by atoms with Gasteiger partial charge in [0.1, 0.15) is 5.75 Å². The molecule has 0 amide bonds. The van der Waals surface area contributed by atoms with E-state index in [0.29, 0.717) is 16.7 Å². The molecule has 0 aliphatic carbocycles. The molecule has 3 aromatic carbocycles. The fourth-order valence-electron chi connectivity index (χ4n) is 2.54. The molecule has 0 aliphatic heterocycles. The Hall–Kier alpha value is -3.31. The van der Waals surface area contributed by atoms with Crippen molar-refractivity contribution < 1.29 is 26.3 Å². The molecule has 0 N–H and O–H groups in total. The summed E-state index contributed by atoms with van der Waals surface area (Å²) in [6, 6.07) is 18.6. The van der Waals surface area contributed by atoms with Crippen LogP contribution in [0.1, 0.15) is 5.56 Å². The lowest BCUT2D eigenvalue weighted by molar-refractivity contribution is -0.274. The molecule has 0 saturated carbocycles. The number of ether oxygens (including phenoxy) is 1. The first-order valence-electron chi connectivity index (χ1n) is 7.90. The van der Waals surface area contributed by atoms with Gasteiger partial charge in [-0.15, -0.1) is 13.2 Å². The van der Waals surface area contributed by atoms with Gasteiger partial charge in [-0.2, -0.15) is 5.26 Å². The molecule has 0 unspecified atom stereocenters. The zero-order valence-electron chi connectivity index (χ0n) is 14.1. The van der Waals surface area contributed by atoms with Gasteiger partial charge in [0.05, 0.1) is 21.4 Å². The number of rotatable bonds is 4. The molecule has 0 aromatic heterocycles. The number of nitrogens with zero attached hydrogens (tertiary/aromatic N) is 1. The number of halogens is 3. The smallest absolute Gasteiger partial charge is 0.406 e. The fourth-order valence-corrected chi connectivity index (χ4v) is 3.84. The third-order valence-corrected chi connectivity index (χ3v) is 5.63. The van der Waals surface area contributed by atoms with Crippen molar-refractivity contribution in [3.05, 3.63) is 78.4 Å². The Bertz CT molecular complexity index is 1130. The lowest BCUT2D eigenvalue weighted by Gasteiger charge is -2.10. The van der Waals surface area contributed by atoms with Crippen LogP contribution in [0.4, 0.5) is 13.2 Å². The van der Waals surface area contributed by atoms with E-state index in [1.54, 1.807) is 12.1 Å². The van der Waals surface area contributed by atoms with E-state index in [0.717, 1.165) is 12.1 Å². The Morgan fingerprint density at radius 2 is 1.46 bits per heavy atom. The summed E-state index contributed by atoms with van der Waals surface area (Å²) in [5.41, 5.74) is 1.40. The van der Waals surface area contributed by atoms with Gasteiger partial charge in [-0.3, -0.25) is 0 Å². The molecule has 0 saturated heterocycles. The van der Waals surface area contributed by atoms with Gasteiger partial charge in [0.25, 0.3) is 0 Å². The summed E-state index contributed by atoms with van der Waals surface area (Å²) in [5, 5.41) is 8.82. The summed E-state index contributed by atoms with van der Waals surface area (Å²) >= 11 is 0. The third-order valence-electron chi connectivity index (χ3n) is 3.86. The van der Waals surface area contributed by atoms with Crippen LogP contribution in [0.2, 0.25) is 0 Å². The molecule has 0 aliphatic rings. The molecule has 8 heteroatoms. The first kappa shape index (κ1) is 19.5. The monoisotopic (exact) mass is 403 g/mol. The SMILES string of the molecule is N#Cc1ccc(S(=O)(=O)c2cccc(-c3ccc(OC(F)(F)F)cc3)c2)cc1. The zero-order valence-corrected chi connectivity index (χ0v) is 15.0. The van der Waals surface area contributed by atoms with Gasteiger partial charge in [0, 0.05) is 0 Å². The Morgan fingerprint density at radius 1 is 0.821 bits per heavy atom. The van der Waals surface area contributed by atoms with Gasteiger partial charge in [-0.25, -0.2) is 8.42 Å². The van der Waals surface area contributed by atoms with E-state index in [2.05, 4.69) is 4.74 Å². The van der Waals surface area contributed by atoms with Crippen LogP contribution in [0.3, 0.4) is 0 Å². The summed E-state index contributed by atoms with van der Waals surface area (Å²) in [7, 11) is -3.81. The Labute approximate surface area is 159 Å². The molecule has 4 nitrogen and oxygen atoms in total. The van der Waals surface area contributed by atoms with E-state index in [1.165, 1.54) is 48.5 Å². The number of sulfone groups is 1.